The minimum atomic E-state index is 0.650. The summed E-state index contributed by atoms with van der Waals surface area (Å²) in [7, 11) is 0. The van der Waals surface area contributed by atoms with Crippen LogP contribution >= 0.6 is 22.6 Å². The van der Waals surface area contributed by atoms with Gasteiger partial charge in [0.2, 0.25) is 0 Å². The van der Waals surface area contributed by atoms with E-state index in [1.165, 1.54) is 47.3 Å². The van der Waals surface area contributed by atoms with Crippen LogP contribution in [0.3, 0.4) is 0 Å². The second kappa shape index (κ2) is 6.05. The molecule has 1 heterocycles. The third-order valence-corrected chi connectivity index (χ3v) is 4.25. The molecule has 0 bridgehead atoms. The normalized spacial score (nSPS) is 18.3. The largest absolute Gasteiger partial charge is 0.382 e. The molecule has 0 unspecified atom stereocenters. The predicted octanol–water partition coefficient (Wildman–Crippen LogP) is 3.50. The molecular formula is C14H21IN2. The number of piperidine rings is 1. The van der Waals surface area contributed by atoms with Crippen molar-refractivity contribution in [3.05, 3.63) is 27.3 Å². The van der Waals surface area contributed by atoms with Crippen molar-refractivity contribution in [3.63, 3.8) is 0 Å². The number of hydrogen-bond donors (Lipinski definition) is 1. The second-order valence-electron chi connectivity index (χ2n) is 4.81. The van der Waals surface area contributed by atoms with Crippen LogP contribution in [0, 0.1) is 10.5 Å². The summed E-state index contributed by atoms with van der Waals surface area (Å²) in [4.78, 5) is 2.53. The Bertz CT molecular complexity index is 370. The number of likely N-dealkylation sites (tertiary alicyclic amines) is 1. The lowest BCUT2D eigenvalue weighted by atomic mass is 10.0. The number of benzene rings is 1. The fourth-order valence-electron chi connectivity index (χ4n) is 2.40. The van der Waals surface area contributed by atoms with Crippen LogP contribution in [0.15, 0.2) is 18.2 Å². The molecule has 0 aromatic heterocycles. The molecule has 1 N–H and O–H groups in total. The lowest BCUT2D eigenvalue weighted by Gasteiger charge is -2.32. The molecule has 1 aromatic rings. The molecule has 1 saturated heterocycles. The average Bonchev–Trinajstić information content (AvgIpc) is 2.34. The van der Waals surface area contributed by atoms with E-state index in [1.807, 2.05) is 0 Å². The summed E-state index contributed by atoms with van der Waals surface area (Å²) in [5, 5.41) is 3.69. The molecule has 0 amide bonds. The van der Waals surface area contributed by atoms with Gasteiger partial charge in [-0.15, -0.1) is 0 Å². The standard InChI is InChI=1S/C14H21IN2/c1-3-17-8-6-13(7-9-17)16-14-5-4-12(15)10-11(14)2/h4-5,10,13,16H,3,6-9H2,1-2H3. The van der Waals surface area contributed by atoms with Crippen LogP contribution in [0.25, 0.3) is 0 Å². The van der Waals surface area contributed by atoms with Crippen LogP contribution in [0.4, 0.5) is 5.69 Å². The molecule has 94 valence electrons. The lowest BCUT2D eigenvalue weighted by Crippen LogP contribution is -2.38. The highest BCUT2D eigenvalue weighted by molar-refractivity contribution is 14.1. The Balaban J connectivity index is 1.93. The van der Waals surface area contributed by atoms with E-state index in [0.29, 0.717) is 6.04 Å². The maximum absolute atomic E-state index is 3.69. The SMILES string of the molecule is CCN1CCC(Nc2ccc(I)cc2C)CC1. The monoisotopic (exact) mass is 344 g/mol. The molecular weight excluding hydrogens is 323 g/mol. The van der Waals surface area contributed by atoms with Gasteiger partial charge in [-0.25, -0.2) is 0 Å². The van der Waals surface area contributed by atoms with Gasteiger partial charge in [0.25, 0.3) is 0 Å². The van der Waals surface area contributed by atoms with Gasteiger partial charge in [-0.3, -0.25) is 0 Å². The quantitative estimate of drug-likeness (QED) is 0.845. The van der Waals surface area contributed by atoms with Crippen molar-refractivity contribution in [2.75, 3.05) is 25.0 Å². The van der Waals surface area contributed by atoms with Gasteiger partial charge in [-0.2, -0.15) is 0 Å². The van der Waals surface area contributed by atoms with Gasteiger partial charge in [0.05, 0.1) is 0 Å². The van der Waals surface area contributed by atoms with Gasteiger partial charge < -0.3 is 10.2 Å². The summed E-state index contributed by atoms with van der Waals surface area (Å²) in [6.07, 6.45) is 2.53. The van der Waals surface area contributed by atoms with Crippen molar-refractivity contribution in [1.82, 2.24) is 4.90 Å². The molecule has 2 nitrogen and oxygen atoms in total. The van der Waals surface area contributed by atoms with E-state index >= 15 is 0 Å². The Hall–Kier alpha value is -0.290. The third kappa shape index (κ3) is 3.58. The van der Waals surface area contributed by atoms with Gasteiger partial charge in [0, 0.05) is 28.4 Å². The zero-order valence-electron chi connectivity index (χ0n) is 10.7. The number of nitrogens with one attached hydrogen (secondary N) is 1. The van der Waals surface area contributed by atoms with Crippen molar-refractivity contribution < 1.29 is 0 Å². The molecule has 0 aliphatic carbocycles. The number of aryl methyl sites for hydroxylation is 1. The highest BCUT2D eigenvalue weighted by atomic mass is 127. The zero-order chi connectivity index (χ0) is 12.3. The van der Waals surface area contributed by atoms with Gasteiger partial charge in [-0.05, 0) is 72.7 Å². The fraction of sp³-hybridized carbons (Fsp3) is 0.571. The van der Waals surface area contributed by atoms with Crippen molar-refractivity contribution >= 4 is 28.3 Å². The maximum Gasteiger partial charge on any atom is 0.0372 e. The topological polar surface area (TPSA) is 15.3 Å². The molecule has 2 rings (SSSR count). The minimum Gasteiger partial charge on any atom is -0.382 e. The molecule has 1 aliphatic heterocycles. The van der Waals surface area contributed by atoms with Crippen LogP contribution in [0.1, 0.15) is 25.3 Å². The number of rotatable bonds is 3. The predicted molar refractivity (Wildman–Crippen MR) is 82.7 cm³/mol. The summed E-state index contributed by atoms with van der Waals surface area (Å²) in [5.41, 5.74) is 2.66. The summed E-state index contributed by atoms with van der Waals surface area (Å²) >= 11 is 2.37. The van der Waals surface area contributed by atoms with E-state index < -0.39 is 0 Å². The van der Waals surface area contributed by atoms with Gasteiger partial charge >= 0.3 is 0 Å². The molecule has 0 radical (unpaired) electrons. The summed E-state index contributed by atoms with van der Waals surface area (Å²) < 4.78 is 1.31. The molecule has 3 heteroatoms. The van der Waals surface area contributed by atoms with E-state index in [4.69, 9.17) is 0 Å². The third-order valence-electron chi connectivity index (χ3n) is 3.58. The molecule has 1 aromatic carbocycles. The van der Waals surface area contributed by atoms with E-state index in [0.717, 1.165) is 0 Å². The zero-order valence-corrected chi connectivity index (χ0v) is 12.8. The van der Waals surface area contributed by atoms with Crippen LogP contribution in [-0.4, -0.2) is 30.6 Å². The van der Waals surface area contributed by atoms with Crippen molar-refractivity contribution in [2.24, 2.45) is 0 Å². The van der Waals surface area contributed by atoms with Crippen LogP contribution in [-0.2, 0) is 0 Å². The van der Waals surface area contributed by atoms with E-state index in [1.54, 1.807) is 0 Å². The maximum atomic E-state index is 3.69. The molecule has 0 spiro atoms. The molecule has 1 aliphatic rings. The van der Waals surface area contributed by atoms with Crippen LogP contribution in [0.2, 0.25) is 0 Å². The Labute approximate surface area is 118 Å². The summed E-state index contributed by atoms with van der Waals surface area (Å²) in [5.74, 6) is 0. The number of halogens is 1. The second-order valence-corrected chi connectivity index (χ2v) is 6.06. The molecule has 0 atom stereocenters. The molecule has 1 fully saturated rings. The Morgan fingerprint density at radius 2 is 2.06 bits per heavy atom. The number of hydrogen-bond acceptors (Lipinski definition) is 2. The first-order chi connectivity index (χ1) is 8.19. The first-order valence-corrected chi connectivity index (χ1v) is 7.52. The lowest BCUT2D eigenvalue weighted by molar-refractivity contribution is 0.229. The Kier molecular flexibility index (Phi) is 4.68. The highest BCUT2D eigenvalue weighted by Gasteiger charge is 2.17. The van der Waals surface area contributed by atoms with Gasteiger partial charge in [0.1, 0.15) is 0 Å². The highest BCUT2D eigenvalue weighted by Crippen LogP contribution is 2.21. The summed E-state index contributed by atoms with van der Waals surface area (Å²) in [6, 6.07) is 7.28. The van der Waals surface area contributed by atoms with Crippen LogP contribution in [0.5, 0.6) is 0 Å². The Morgan fingerprint density at radius 1 is 1.35 bits per heavy atom. The van der Waals surface area contributed by atoms with Crippen molar-refractivity contribution in [3.8, 4) is 0 Å². The van der Waals surface area contributed by atoms with E-state index in [2.05, 4.69) is 64.9 Å². The van der Waals surface area contributed by atoms with Gasteiger partial charge in [-0.1, -0.05) is 6.92 Å². The van der Waals surface area contributed by atoms with Crippen LogP contribution < -0.4 is 5.32 Å². The van der Waals surface area contributed by atoms with Gasteiger partial charge in [0.15, 0.2) is 0 Å². The first kappa shape index (κ1) is 13.1. The summed E-state index contributed by atoms with van der Waals surface area (Å²) in [6.45, 7) is 8.09. The minimum absolute atomic E-state index is 0.650. The molecule has 0 saturated carbocycles. The van der Waals surface area contributed by atoms with Crippen molar-refractivity contribution in [2.45, 2.75) is 32.7 Å². The first-order valence-electron chi connectivity index (χ1n) is 6.44. The molecule has 17 heavy (non-hydrogen) atoms. The fourth-order valence-corrected chi connectivity index (χ4v) is 3.05. The van der Waals surface area contributed by atoms with E-state index in [-0.39, 0.29) is 0 Å². The van der Waals surface area contributed by atoms with E-state index in [9.17, 15) is 0 Å². The number of anilines is 1. The number of nitrogens with zero attached hydrogens (tertiary/aromatic N) is 1. The smallest absolute Gasteiger partial charge is 0.0372 e. The Morgan fingerprint density at radius 3 is 2.65 bits per heavy atom. The average molecular weight is 344 g/mol. The van der Waals surface area contributed by atoms with Crippen molar-refractivity contribution in [1.29, 1.82) is 0 Å².